The summed E-state index contributed by atoms with van der Waals surface area (Å²) < 4.78 is 45.9. The van der Waals surface area contributed by atoms with E-state index in [1.807, 2.05) is 0 Å². The van der Waals surface area contributed by atoms with Gasteiger partial charge in [0.25, 0.3) is 5.91 Å². The van der Waals surface area contributed by atoms with Crippen LogP contribution in [0.2, 0.25) is 0 Å². The number of pyridine rings is 1. The van der Waals surface area contributed by atoms with Crippen LogP contribution >= 0.6 is 15.9 Å². The van der Waals surface area contributed by atoms with Gasteiger partial charge in [0.15, 0.2) is 0 Å². The van der Waals surface area contributed by atoms with Crippen LogP contribution in [0.5, 0.6) is 0 Å². The van der Waals surface area contributed by atoms with Gasteiger partial charge in [-0.15, -0.1) is 0 Å². The fourth-order valence-corrected chi connectivity index (χ4v) is 4.13. The lowest BCUT2D eigenvalue weighted by molar-refractivity contribution is -0.137. The number of nitrogens with zero attached hydrogens (tertiary/aromatic N) is 3. The molecule has 0 saturated carbocycles. The zero-order valence-corrected chi connectivity index (χ0v) is 21.1. The Morgan fingerprint density at radius 1 is 1.14 bits per heavy atom. The third-order valence-corrected chi connectivity index (χ3v) is 6.27. The monoisotopic (exact) mass is 578 g/mol. The molecule has 37 heavy (non-hydrogen) atoms. The number of halogens is 4. The average molecular weight is 579 g/mol. The van der Waals surface area contributed by atoms with Gasteiger partial charge in [-0.1, -0.05) is 15.9 Å². The predicted octanol–water partition coefficient (Wildman–Crippen LogP) is 4.16. The Labute approximate surface area is 218 Å². The fourth-order valence-electron chi connectivity index (χ4n) is 3.76. The van der Waals surface area contributed by atoms with Crippen LogP contribution in [0.1, 0.15) is 41.0 Å². The van der Waals surface area contributed by atoms with Gasteiger partial charge in [-0.25, -0.2) is 9.97 Å². The summed E-state index contributed by atoms with van der Waals surface area (Å²) in [5, 5.41) is 8.32. The number of hydrogen-bond acceptors (Lipinski definition) is 7. The van der Waals surface area contributed by atoms with Crippen molar-refractivity contribution in [1.29, 1.82) is 0 Å². The number of ether oxygens (including phenoxy) is 1. The number of benzene rings is 1. The van der Waals surface area contributed by atoms with E-state index in [9.17, 15) is 22.8 Å². The maximum Gasteiger partial charge on any atom is 0.418 e. The van der Waals surface area contributed by atoms with Crippen molar-refractivity contribution in [3.63, 3.8) is 0 Å². The normalized spacial score (nSPS) is 18.2. The molecule has 0 radical (unpaired) electrons. The first kappa shape index (κ1) is 26.5. The number of nitrogens with one attached hydrogen (secondary N) is 3. The van der Waals surface area contributed by atoms with Crippen molar-refractivity contribution in [2.75, 3.05) is 18.5 Å². The summed E-state index contributed by atoms with van der Waals surface area (Å²) in [6.07, 6.45) is 1.10. The zero-order valence-electron chi connectivity index (χ0n) is 19.5. The van der Waals surface area contributed by atoms with Gasteiger partial charge in [0.2, 0.25) is 5.91 Å². The van der Waals surface area contributed by atoms with E-state index in [0.717, 1.165) is 6.07 Å². The van der Waals surface area contributed by atoms with Gasteiger partial charge >= 0.3 is 6.18 Å². The zero-order chi connectivity index (χ0) is 26.6. The van der Waals surface area contributed by atoms with Gasteiger partial charge in [0.1, 0.15) is 11.9 Å². The van der Waals surface area contributed by atoms with Gasteiger partial charge in [-0.05, 0) is 37.3 Å². The van der Waals surface area contributed by atoms with E-state index in [2.05, 4.69) is 46.8 Å². The second-order valence-corrected chi connectivity index (χ2v) is 9.36. The smallest absolute Gasteiger partial charge is 0.378 e. The van der Waals surface area contributed by atoms with E-state index in [1.165, 1.54) is 37.1 Å². The fraction of sp³-hybridized carbons (Fsp3) is 0.292. The molecule has 13 heteroatoms. The number of aromatic nitrogens is 3. The Balaban J connectivity index is 1.44. The Morgan fingerprint density at radius 3 is 2.51 bits per heavy atom. The summed E-state index contributed by atoms with van der Waals surface area (Å²) in [4.78, 5) is 37.8. The number of amides is 2. The van der Waals surface area contributed by atoms with Crippen LogP contribution in [-0.2, 0) is 15.7 Å². The Hall–Kier alpha value is -3.58. The van der Waals surface area contributed by atoms with E-state index < -0.39 is 35.1 Å². The van der Waals surface area contributed by atoms with E-state index in [1.54, 1.807) is 19.1 Å². The van der Waals surface area contributed by atoms with Crippen molar-refractivity contribution in [3.8, 4) is 0 Å². The largest absolute Gasteiger partial charge is 0.418 e. The highest BCUT2D eigenvalue weighted by Crippen LogP contribution is 2.37. The first-order chi connectivity index (χ1) is 17.6. The first-order valence-corrected chi connectivity index (χ1v) is 11.9. The van der Waals surface area contributed by atoms with Crippen molar-refractivity contribution >= 4 is 39.1 Å². The molecule has 1 aromatic carbocycles. The molecule has 0 bridgehead atoms. The number of carbonyl (C=O) groups is 2. The number of carbonyl (C=O) groups excluding carboxylic acids is 2. The molecule has 1 aliphatic heterocycles. The summed E-state index contributed by atoms with van der Waals surface area (Å²) in [5.74, 6) is -0.954. The predicted molar refractivity (Wildman–Crippen MR) is 131 cm³/mol. The molecule has 3 N–H and O–H groups in total. The molecular weight excluding hydrogens is 557 g/mol. The van der Waals surface area contributed by atoms with Crippen molar-refractivity contribution in [2.24, 2.45) is 0 Å². The average Bonchev–Trinajstić information content (AvgIpc) is 3.35. The Morgan fingerprint density at radius 2 is 1.89 bits per heavy atom. The van der Waals surface area contributed by atoms with Crippen LogP contribution in [0.15, 0.2) is 59.7 Å². The summed E-state index contributed by atoms with van der Waals surface area (Å²) in [7, 11) is 0. The highest BCUT2D eigenvalue weighted by Gasteiger charge is 2.44. The molecule has 0 spiro atoms. The lowest BCUT2D eigenvalue weighted by Gasteiger charge is -2.29. The van der Waals surface area contributed by atoms with Gasteiger partial charge < -0.3 is 20.7 Å². The molecule has 1 aliphatic rings. The van der Waals surface area contributed by atoms with Crippen molar-refractivity contribution < 1.29 is 27.5 Å². The van der Waals surface area contributed by atoms with Crippen LogP contribution in [0.3, 0.4) is 0 Å². The van der Waals surface area contributed by atoms with Crippen molar-refractivity contribution in [1.82, 2.24) is 25.6 Å². The summed E-state index contributed by atoms with van der Waals surface area (Å²) in [6.45, 7) is 2.00. The minimum atomic E-state index is -4.54. The standard InChI is InChI=1S/C24H22BrF3N6O3/c1-14(32-22(36)23(6-7-37-12-23)34-21(35)15-9-29-13-30-10-15)19-5-3-17(11-31-19)33-20-4-2-16(25)8-18(20)24(26,27)28/h2-5,8-11,13-14,33H,6-7,12H2,1H3,(H,32,36)(H,34,35)/t14-,23?/m0/s1. The lowest BCUT2D eigenvalue weighted by Crippen LogP contribution is -2.59. The maximum absolute atomic E-state index is 13.4. The van der Waals surface area contributed by atoms with Crippen LogP contribution < -0.4 is 16.0 Å². The molecule has 2 atom stereocenters. The van der Waals surface area contributed by atoms with E-state index in [0.29, 0.717) is 22.5 Å². The molecule has 4 rings (SSSR count). The molecule has 3 heterocycles. The van der Waals surface area contributed by atoms with Gasteiger partial charge in [0.05, 0.1) is 47.0 Å². The number of anilines is 2. The van der Waals surface area contributed by atoms with Crippen LogP contribution in [0.25, 0.3) is 0 Å². The second-order valence-electron chi connectivity index (χ2n) is 8.45. The third-order valence-electron chi connectivity index (χ3n) is 5.78. The van der Waals surface area contributed by atoms with Crippen molar-refractivity contribution in [2.45, 2.75) is 31.1 Å². The number of hydrogen-bond donors (Lipinski definition) is 3. The number of alkyl halides is 3. The molecule has 1 saturated heterocycles. The van der Waals surface area contributed by atoms with Gasteiger partial charge in [-0.2, -0.15) is 13.2 Å². The second kappa shape index (κ2) is 10.8. The molecule has 1 unspecified atom stereocenters. The van der Waals surface area contributed by atoms with Crippen molar-refractivity contribution in [3.05, 3.63) is 76.5 Å². The summed E-state index contributed by atoms with van der Waals surface area (Å²) >= 11 is 3.06. The summed E-state index contributed by atoms with van der Waals surface area (Å²) in [6, 6.07) is 6.42. The molecular formula is C24H22BrF3N6O3. The molecule has 9 nitrogen and oxygen atoms in total. The Bertz CT molecular complexity index is 1270. The molecule has 3 aromatic rings. The summed E-state index contributed by atoms with van der Waals surface area (Å²) in [5.41, 5.74) is -1.19. The van der Waals surface area contributed by atoms with Crippen LogP contribution in [0, 0.1) is 0 Å². The first-order valence-electron chi connectivity index (χ1n) is 11.1. The lowest BCUT2D eigenvalue weighted by atomic mass is 9.96. The quantitative estimate of drug-likeness (QED) is 0.385. The molecule has 2 amide bonds. The highest BCUT2D eigenvalue weighted by atomic mass is 79.9. The third kappa shape index (κ3) is 6.23. The van der Waals surface area contributed by atoms with Gasteiger partial charge in [0, 0.05) is 29.9 Å². The van der Waals surface area contributed by atoms with E-state index >= 15 is 0 Å². The van der Waals surface area contributed by atoms with Gasteiger partial charge in [-0.3, -0.25) is 14.6 Å². The maximum atomic E-state index is 13.4. The molecule has 2 aromatic heterocycles. The van der Waals surface area contributed by atoms with Crippen LogP contribution in [0.4, 0.5) is 24.5 Å². The van der Waals surface area contributed by atoms with E-state index in [4.69, 9.17) is 4.74 Å². The minimum absolute atomic E-state index is 0.00397. The van der Waals surface area contributed by atoms with E-state index in [-0.39, 0.29) is 24.3 Å². The SMILES string of the molecule is C[C@H](NC(=O)C1(NC(=O)c2cncnc2)CCOC1)c1ccc(Nc2ccc(Br)cc2C(F)(F)F)cn1. The molecule has 194 valence electrons. The Kier molecular flexibility index (Phi) is 7.73. The molecule has 1 fully saturated rings. The van der Waals surface area contributed by atoms with Crippen LogP contribution in [-0.4, -0.2) is 45.5 Å². The number of rotatable bonds is 7. The highest BCUT2D eigenvalue weighted by molar-refractivity contribution is 9.10. The minimum Gasteiger partial charge on any atom is -0.378 e. The topological polar surface area (TPSA) is 118 Å². The molecule has 0 aliphatic carbocycles.